The molecule has 3 amide bonds. The van der Waals surface area contributed by atoms with Crippen molar-refractivity contribution in [3.05, 3.63) is 41.1 Å². The first kappa shape index (κ1) is 17.5. The molecule has 4 N–H and O–H groups in total. The molecule has 7 nitrogen and oxygen atoms in total. The normalized spacial score (nSPS) is 18.2. The van der Waals surface area contributed by atoms with Crippen LogP contribution in [-0.4, -0.2) is 49.7 Å². The Balaban J connectivity index is 2.36. The highest BCUT2D eigenvalue weighted by molar-refractivity contribution is 6.05. The molecule has 1 fully saturated rings. The molecule has 0 saturated carbocycles. The average Bonchev–Trinajstić information content (AvgIpc) is 2.59. The maximum Gasteiger partial charge on any atom is 0.317 e. The maximum absolute atomic E-state index is 11.9. The number of amides is 3. The van der Waals surface area contributed by atoms with E-state index in [1.807, 2.05) is 31.2 Å². The Morgan fingerprint density at radius 3 is 2.92 bits per heavy atom. The van der Waals surface area contributed by atoms with Crippen molar-refractivity contribution in [2.75, 3.05) is 26.7 Å². The van der Waals surface area contributed by atoms with Crippen molar-refractivity contribution in [1.29, 1.82) is 0 Å². The van der Waals surface area contributed by atoms with Crippen molar-refractivity contribution in [3.63, 3.8) is 0 Å². The first-order chi connectivity index (χ1) is 11.5. The van der Waals surface area contributed by atoms with Gasteiger partial charge in [0.2, 0.25) is 6.41 Å². The summed E-state index contributed by atoms with van der Waals surface area (Å²) in [5.74, 6) is 0. The monoisotopic (exact) mass is 329 g/mol. The fraction of sp³-hybridized carbons (Fsp3) is 0.353. The molecule has 1 saturated heterocycles. The van der Waals surface area contributed by atoms with Gasteiger partial charge in [0, 0.05) is 19.3 Å². The number of hydrogen-bond donors (Lipinski definition) is 3. The van der Waals surface area contributed by atoms with Crippen molar-refractivity contribution in [3.8, 4) is 0 Å². The number of aryl methyl sites for hydroxylation is 1. The first-order valence-electron chi connectivity index (χ1n) is 7.81. The molecular weight excluding hydrogens is 306 g/mol. The van der Waals surface area contributed by atoms with Crippen molar-refractivity contribution in [1.82, 2.24) is 15.5 Å². The van der Waals surface area contributed by atoms with Gasteiger partial charge in [-0.3, -0.25) is 9.79 Å². The van der Waals surface area contributed by atoms with Crippen molar-refractivity contribution >= 4 is 23.8 Å². The number of nitrogens with two attached hydrogens (primary N) is 1. The number of carbonyl (C=O) groups is 2. The smallest absolute Gasteiger partial charge is 0.317 e. The second-order valence-corrected chi connectivity index (χ2v) is 5.63. The molecule has 7 heteroatoms. The Bertz CT molecular complexity index is 681. The number of urea groups is 1. The van der Waals surface area contributed by atoms with Crippen LogP contribution in [0, 0.1) is 6.92 Å². The van der Waals surface area contributed by atoms with Crippen LogP contribution in [-0.2, 0) is 4.79 Å². The van der Waals surface area contributed by atoms with E-state index in [0.29, 0.717) is 31.6 Å². The van der Waals surface area contributed by atoms with Crippen molar-refractivity contribution < 1.29 is 9.59 Å². The number of aliphatic imine (C=N–C) groups is 1. The minimum Gasteiger partial charge on any atom is -0.400 e. The molecule has 0 spiro atoms. The fourth-order valence-corrected chi connectivity index (χ4v) is 2.64. The molecule has 0 radical (unpaired) electrons. The summed E-state index contributed by atoms with van der Waals surface area (Å²) in [5.41, 5.74) is 10.3. The molecule has 0 bridgehead atoms. The summed E-state index contributed by atoms with van der Waals surface area (Å²) in [4.78, 5) is 28.8. The Morgan fingerprint density at radius 2 is 2.25 bits per heavy atom. The van der Waals surface area contributed by atoms with Crippen LogP contribution in [0.3, 0.4) is 0 Å². The van der Waals surface area contributed by atoms with Gasteiger partial charge in [0.15, 0.2) is 0 Å². The summed E-state index contributed by atoms with van der Waals surface area (Å²) in [6.45, 7) is 3.21. The van der Waals surface area contributed by atoms with E-state index in [-0.39, 0.29) is 12.6 Å². The minimum absolute atomic E-state index is 0.143. The highest BCUT2D eigenvalue weighted by atomic mass is 16.2. The zero-order valence-electron chi connectivity index (χ0n) is 14.0. The molecule has 0 aromatic heterocycles. The summed E-state index contributed by atoms with van der Waals surface area (Å²) < 4.78 is 0. The zero-order chi connectivity index (χ0) is 17.5. The highest BCUT2D eigenvalue weighted by Crippen LogP contribution is 2.21. The predicted molar refractivity (Wildman–Crippen MR) is 94.2 cm³/mol. The van der Waals surface area contributed by atoms with Crippen LogP contribution in [0.15, 0.2) is 40.5 Å². The molecule has 1 aliphatic heterocycles. The molecule has 1 aromatic carbocycles. The molecule has 0 aliphatic carbocycles. The molecule has 128 valence electrons. The number of nitrogens with zero attached hydrogens (tertiary/aromatic N) is 2. The molecule has 0 unspecified atom stereocenters. The predicted octanol–water partition coefficient (Wildman–Crippen LogP) is 1.07. The van der Waals surface area contributed by atoms with Crippen LogP contribution < -0.4 is 16.4 Å². The summed E-state index contributed by atoms with van der Waals surface area (Å²) in [6, 6.07) is 7.69. The van der Waals surface area contributed by atoms with Crippen LogP contribution in [0.5, 0.6) is 0 Å². The van der Waals surface area contributed by atoms with E-state index in [2.05, 4.69) is 10.6 Å². The van der Waals surface area contributed by atoms with Crippen LogP contribution in [0.1, 0.15) is 12.0 Å². The zero-order valence-corrected chi connectivity index (χ0v) is 14.0. The molecule has 2 rings (SSSR count). The van der Waals surface area contributed by atoms with E-state index >= 15 is 0 Å². The summed E-state index contributed by atoms with van der Waals surface area (Å²) in [7, 11) is 1.60. The third kappa shape index (κ3) is 4.34. The largest absolute Gasteiger partial charge is 0.400 e. The standard InChI is InChI=1S/C17H23N5O2/c1-12-4-3-5-13(8-12)21-16-10-22(17(24)19-2)7-6-14(16)15(18)9-20-11-23/h3-5,8,11H,6-7,9-10,18H2,1-2H3,(H,19,24)(H,20,23)/b15-14-,21-16?. The lowest BCUT2D eigenvalue weighted by atomic mass is 9.99. The Kier molecular flexibility index (Phi) is 5.95. The topological polar surface area (TPSA) is 99.8 Å². The van der Waals surface area contributed by atoms with Gasteiger partial charge in [0.1, 0.15) is 0 Å². The Labute approximate surface area is 141 Å². The SMILES string of the molecule is CNC(=O)N1CC/C(=C(/N)CNC=O)C(=Nc2cccc(C)c2)C1. The number of likely N-dealkylation sites (tertiary alicyclic amines) is 1. The number of nitrogens with one attached hydrogen (secondary N) is 2. The summed E-state index contributed by atoms with van der Waals surface area (Å²) in [6.07, 6.45) is 1.22. The summed E-state index contributed by atoms with van der Waals surface area (Å²) >= 11 is 0. The third-order valence-electron chi connectivity index (χ3n) is 3.85. The van der Waals surface area contributed by atoms with Gasteiger partial charge in [-0.2, -0.15) is 0 Å². The number of benzene rings is 1. The molecule has 1 aliphatic rings. The number of carbonyl (C=O) groups excluding carboxylic acids is 2. The average molecular weight is 329 g/mol. The third-order valence-corrected chi connectivity index (χ3v) is 3.85. The minimum atomic E-state index is -0.143. The second kappa shape index (κ2) is 8.14. The second-order valence-electron chi connectivity index (χ2n) is 5.63. The van der Waals surface area contributed by atoms with Crippen molar-refractivity contribution in [2.24, 2.45) is 10.7 Å². The van der Waals surface area contributed by atoms with E-state index in [1.54, 1.807) is 11.9 Å². The van der Waals surface area contributed by atoms with Crippen molar-refractivity contribution in [2.45, 2.75) is 13.3 Å². The number of hydrogen-bond acceptors (Lipinski definition) is 4. The van der Waals surface area contributed by atoms with E-state index < -0.39 is 0 Å². The van der Waals surface area contributed by atoms with Gasteiger partial charge in [0.05, 0.1) is 24.5 Å². The lowest BCUT2D eigenvalue weighted by Crippen LogP contribution is -2.46. The molecular formula is C17H23N5O2. The molecule has 1 heterocycles. The lowest BCUT2D eigenvalue weighted by Gasteiger charge is -2.30. The number of rotatable bonds is 4. The van der Waals surface area contributed by atoms with Gasteiger partial charge < -0.3 is 21.3 Å². The quantitative estimate of drug-likeness (QED) is 0.720. The maximum atomic E-state index is 11.9. The fourth-order valence-electron chi connectivity index (χ4n) is 2.64. The van der Waals surface area contributed by atoms with E-state index in [9.17, 15) is 9.59 Å². The van der Waals surface area contributed by atoms with Crippen LogP contribution in [0.4, 0.5) is 10.5 Å². The van der Waals surface area contributed by atoms with Gasteiger partial charge in [-0.15, -0.1) is 0 Å². The number of piperidine rings is 1. The van der Waals surface area contributed by atoms with E-state index in [1.165, 1.54) is 0 Å². The van der Waals surface area contributed by atoms with Crippen LogP contribution >= 0.6 is 0 Å². The summed E-state index contributed by atoms with van der Waals surface area (Å²) in [5, 5.41) is 5.21. The Morgan fingerprint density at radius 1 is 1.46 bits per heavy atom. The van der Waals surface area contributed by atoms with Gasteiger partial charge in [-0.25, -0.2) is 4.79 Å². The van der Waals surface area contributed by atoms with Gasteiger partial charge in [0.25, 0.3) is 0 Å². The molecule has 0 atom stereocenters. The van der Waals surface area contributed by atoms with Gasteiger partial charge in [-0.1, -0.05) is 12.1 Å². The Hall–Kier alpha value is -2.83. The lowest BCUT2D eigenvalue weighted by molar-refractivity contribution is -0.109. The van der Waals surface area contributed by atoms with E-state index in [4.69, 9.17) is 10.7 Å². The molecule has 1 aromatic rings. The van der Waals surface area contributed by atoms with Crippen LogP contribution in [0.25, 0.3) is 0 Å². The molecule has 24 heavy (non-hydrogen) atoms. The van der Waals surface area contributed by atoms with E-state index in [0.717, 1.165) is 22.5 Å². The highest BCUT2D eigenvalue weighted by Gasteiger charge is 2.25. The van der Waals surface area contributed by atoms with Gasteiger partial charge >= 0.3 is 6.03 Å². The first-order valence-corrected chi connectivity index (χ1v) is 7.81. The van der Waals surface area contributed by atoms with Gasteiger partial charge in [-0.05, 0) is 36.6 Å². The van der Waals surface area contributed by atoms with Crippen LogP contribution in [0.2, 0.25) is 0 Å².